The Hall–Kier alpha value is -3.13. The number of alkyl halides is 3. The quantitative estimate of drug-likeness (QED) is 0.702. The Morgan fingerprint density at radius 1 is 1.28 bits per heavy atom. The Morgan fingerprint density at radius 3 is 2.66 bits per heavy atom. The average molecular weight is 406 g/mol. The largest absolute Gasteiger partial charge is 0.398 e. The molecule has 1 saturated heterocycles. The number of pyridine rings is 1. The minimum Gasteiger partial charge on any atom is -0.382 e. The van der Waals surface area contributed by atoms with Gasteiger partial charge in [-0.25, -0.2) is 0 Å². The maximum Gasteiger partial charge on any atom is 0.398 e. The topological polar surface area (TPSA) is 118 Å². The summed E-state index contributed by atoms with van der Waals surface area (Å²) in [4.78, 5) is 17.8. The standard InChI is InChI=1S/C18H17F3N6O2/c19-18(20,21)13-12-14(25-26-16(12)24-17(29)15(13)28)10-1-3-27(4-2-10)11-5-9(6-22)7-23-8-11/h5,7-8,10,13,15,28H,1-4H2,(H2,24,25,26,29)/t13-,15-/m0/s1. The summed E-state index contributed by atoms with van der Waals surface area (Å²) in [5.74, 6) is -3.83. The number of anilines is 2. The van der Waals surface area contributed by atoms with E-state index in [-0.39, 0.29) is 17.3 Å². The van der Waals surface area contributed by atoms with Crippen molar-refractivity contribution in [1.29, 1.82) is 5.26 Å². The molecular weight excluding hydrogens is 389 g/mol. The number of carbonyl (C=O) groups is 1. The predicted octanol–water partition coefficient (Wildman–Crippen LogP) is 2.02. The second kappa shape index (κ2) is 7.04. The normalized spacial score (nSPS) is 22.7. The molecule has 0 aliphatic carbocycles. The highest BCUT2D eigenvalue weighted by Gasteiger charge is 2.53. The number of piperidine rings is 1. The van der Waals surface area contributed by atoms with Gasteiger partial charge in [-0.15, -0.1) is 0 Å². The molecule has 4 rings (SSSR count). The highest BCUT2D eigenvalue weighted by atomic mass is 19.4. The summed E-state index contributed by atoms with van der Waals surface area (Å²) in [5, 5.41) is 27.6. The highest BCUT2D eigenvalue weighted by molar-refractivity contribution is 5.97. The summed E-state index contributed by atoms with van der Waals surface area (Å²) in [6, 6.07) is 3.75. The molecule has 1 fully saturated rings. The van der Waals surface area contributed by atoms with Gasteiger partial charge in [-0.3, -0.25) is 14.9 Å². The number of carbonyl (C=O) groups excluding carboxylic acids is 1. The van der Waals surface area contributed by atoms with Crippen LogP contribution in [-0.4, -0.2) is 51.6 Å². The Morgan fingerprint density at radius 2 is 2.00 bits per heavy atom. The van der Waals surface area contributed by atoms with Crippen LogP contribution in [-0.2, 0) is 4.79 Å². The highest BCUT2D eigenvalue weighted by Crippen LogP contribution is 2.47. The van der Waals surface area contributed by atoms with E-state index < -0.39 is 24.1 Å². The van der Waals surface area contributed by atoms with Gasteiger partial charge in [0.2, 0.25) is 0 Å². The molecule has 0 bridgehead atoms. The van der Waals surface area contributed by atoms with Crippen molar-refractivity contribution in [1.82, 2.24) is 15.2 Å². The van der Waals surface area contributed by atoms with Gasteiger partial charge in [0.15, 0.2) is 5.82 Å². The van der Waals surface area contributed by atoms with E-state index in [4.69, 9.17) is 5.26 Å². The van der Waals surface area contributed by atoms with Crippen LogP contribution in [0.1, 0.15) is 41.5 Å². The first-order chi connectivity index (χ1) is 13.8. The predicted molar refractivity (Wildman–Crippen MR) is 95.2 cm³/mol. The number of hydrogen-bond donors (Lipinski definition) is 3. The average Bonchev–Trinajstić information content (AvgIpc) is 3.10. The molecule has 3 N–H and O–H groups in total. The minimum atomic E-state index is -4.78. The number of nitriles is 1. The molecule has 2 aromatic heterocycles. The zero-order valence-corrected chi connectivity index (χ0v) is 15.1. The first kappa shape index (κ1) is 19.2. The van der Waals surface area contributed by atoms with Gasteiger partial charge >= 0.3 is 6.18 Å². The zero-order chi connectivity index (χ0) is 20.8. The summed E-state index contributed by atoms with van der Waals surface area (Å²) in [6.07, 6.45) is -2.80. The zero-order valence-electron chi connectivity index (χ0n) is 15.1. The lowest BCUT2D eigenvalue weighted by atomic mass is 9.83. The van der Waals surface area contributed by atoms with E-state index in [1.54, 1.807) is 12.3 Å². The second-order valence-electron chi connectivity index (χ2n) is 7.16. The van der Waals surface area contributed by atoms with Crippen molar-refractivity contribution in [3.05, 3.63) is 35.3 Å². The number of amides is 1. The van der Waals surface area contributed by atoms with E-state index in [1.807, 2.05) is 11.0 Å². The third-order valence-corrected chi connectivity index (χ3v) is 5.44. The molecule has 29 heavy (non-hydrogen) atoms. The fraction of sp³-hybridized carbons (Fsp3) is 0.444. The van der Waals surface area contributed by atoms with Crippen LogP contribution in [0.25, 0.3) is 0 Å². The molecule has 2 aromatic rings. The lowest BCUT2D eigenvalue weighted by molar-refractivity contribution is -0.177. The van der Waals surface area contributed by atoms with Crippen molar-refractivity contribution >= 4 is 17.4 Å². The fourth-order valence-corrected chi connectivity index (χ4v) is 4.02. The van der Waals surface area contributed by atoms with Gasteiger partial charge < -0.3 is 15.3 Å². The lowest BCUT2D eigenvalue weighted by Gasteiger charge is -2.35. The number of fused-ring (bicyclic) bond motifs is 1. The summed E-state index contributed by atoms with van der Waals surface area (Å²) < 4.78 is 40.8. The molecule has 0 radical (unpaired) electrons. The molecule has 2 aliphatic rings. The molecular formula is C18H17F3N6O2. The van der Waals surface area contributed by atoms with Crippen molar-refractivity contribution in [3.8, 4) is 6.07 Å². The van der Waals surface area contributed by atoms with Crippen LogP contribution in [0.2, 0.25) is 0 Å². The van der Waals surface area contributed by atoms with Crippen LogP contribution in [0.15, 0.2) is 18.5 Å². The SMILES string of the molecule is N#Cc1cncc(N2CCC(c3[nH]nc4c3[C@H](C(F)(F)F)[C@H](O)C(=O)N4)CC2)c1. The molecule has 0 unspecified atom stereocenters. The number of aromatic nitrogens is 3. The van der Waals surface area contributed by atoms with E-state index in [0.29, 0.717) is 37.2 Å². The summed E-state index contributed by atoms with van der Waals surface area (Å²) in [5.41, 5.74) is 1.33. The molecule has 2 atom stereocenters. The number of aromatic amines is 1. The summed E-state index contributed by atoms with van der Waals surface area (Å²) in [6.45, 7) is 1.11. The van der Waals surface area contributed by atoms with Crippen molar-refractivity contribution in [2.45, 2.75) is 37.0 Å². The van der Waals surface area contributed by atoms with E-state index in [9.17, 15) is 23.1 Å². The molecule has 2 aliphatic heterocycles. The maximum atomic E-state index is 13.6. The Balaban J connectivity index is 1.57. The third-order valence-electron chi connectivity index (χ3n) is 5.44. The number of aliphatic hydroxyl groups excluding tert-OH is 1. The van der Waals surface area contributed by atoms with E-state index in [0.717, 1.165) is 5.69 Å². The first-order valence-electron chi connectivity index (χ1n) is 9.03. The monoisotopic (exact) mass is 406 g/mol. The first-order valence-corrected chi connectivity index (χ1v) is 9.03. The maximum absolute atomic E-state index is 13.6. The summed E-state index contributed by atoms with van der Waals surface area (Å²) >= 11 is 0. The molecule has 0 spiro atoms. The van der Waals surface area contributed by atoms with Gasteiger partial charge in [-0.05, 0) is 18.9 Å². The Labute approximate surface area is 163 Å². The lowest BCUT2D eigenvalue weighted by Crippen LogP contribution is -2.44. The van der Waals surface area contributed by atoms with Gasteiger partial charge in [0.25, 0.3) is 5.91 Å². The number of halogens is 3. The van der Waals surface area contributed by atoms with Crippen molar-refractivity contribution in [2.75, 3.05) is 23.3 Å². The van der Waals surface area contributed by atoms with Crippen molar-refractivity contribution in [3.63, 3.8) is 0 Å². The number of nitrogens with zero attached hydrogens (tertiary/aromatic N) is 4. The van der Waals surface area contributed by atoms with Crippen LogP contribution in [0.5, 0.6) is 0 Å². The Bertz CT molecular complexity index is 975. The van der Waals surface area contributed by atoms with Gasteiger partial charge in [0.05, 0.1) is 17.4 Å². The van der Waals surface area contributed by atoms with Crippen molar-refractivity contribution < 1.29 is 23.1 Å². The fourth-order valence-electron chi connectivity index (χ4n) is 4.02. The van der Waals surface area contributed by atoms with Gasteiger partial charge in [0.1, 0.15) is 18.1 Å². The van der Waals surface area contributed by atoms with Gasteiger partial charge in [-0.1, -0.05) is 0 Å². The van der Waals surface area contributed by atoms with Gasteiger partial charge in [0, 0.05) is 36.5 Å². The summed E-state index contributed by atoms with van der Waals surface area (Å²) in [7, 11) is 0. The van der Waals surface area contributed by atoms with E-state index in [2.05, 4.69) is 20.5 Å². The second-order valence-corrected chi connectivity index (χ2v) is 7.16. The van der Waals surface area contributed by atoms with Crippen LogP contribution < -0.4 is 10.2 Å². The smallest absolute Gasteiger partial charge is 0.382 e. The van der Waals surface area contributed by atoms with E-state index >= 15 is 0 Å². The third kappa shape index (κ3) is 3.40. The Kier molecular flexibility index (Phi) is 4.66. The molecule has 1 amide bonds. The number of rotatable bonds is 2. The minimum absolute atomic E-state index is 0.175. The van der Waals surface area contributed by atoms with Crippen molar-refractivity contribution in [2.24, 2.45) is 0 Å². The number of aliphatic hydroxyl groups is 1. The number of H-pyrrole nitrogens is 1. The molecule has 8 nitrogen and oxygen atoms in total. The number of hydrogen-bond acceptors (Lipinski definition) is 6. The molecule has 4 heterocycles. The van der Waals surface area contributed by atoms with Crippen LogP contribution in [0.4, 0.5) is 24.7 Å². The molecule has 0 aromatic carbocycles. The number of nitrogens with one attached hydrogen (secondary N) is 2. The van der Waals surface area contributed by atoms with Crippen LogP contribution in [0, 0.1) is 11.3 Å². The molecule has 152 valence electrons. The van der Waals surface area contributed by atoms with Gasteiger partial charge in [-0.2, -0.15) is 23.5 Å². The molecule has 11 heteroatoms. The van der Waals surface area contributed by atoms with E-state index in [1.165, 1.54) is 6.20 Å². The molecule has 0 saturated carbocycles. The van der Waals surface area contributed by atoms with Crippen LogP contribution >= 0.6 is 0 Å². The van der Waals surface area contributed by atoms with Crippen LogP contribution in [0.3, 0.4) is 0 Å².